The van der Waals surface area contributed by atoms with E-state index in [1.807, 2.05) is 37.0 Å². The number of esters is 1. The van der Waals surface area contributed by atoms with Crippen molar-refractivity contribution in [2.75, 3.05) is 26.3 Å². The van der Waals surface area contributed by atoms with Gasteiger partial charge in [0.25, 0.3) is 5.91 Å². The normalized spacial score (nSPS) is 22.3. The van der Waals surface area contributed by atoms with Crippen LogP contribution in [0, 0.1) is 19.8 Å². The first kappa shape index (κ1) is 25.7. The van der Waals surface area contributed by atoms with Gasteiger partial charge in [-0.25, -0.2) is 4.79 Å². The first-order chi connectivity index (χ1) is 16.4. The number of cyclic esters (lactones) is 1. The Morgan fingerprint density at radius 2 is 1.94 bits per heavy atom. The predicted molar refractivity (Wildman–Crippen MR) is 135 cm³/mol. The van der Waals surface area contributed by atoms with E-state index in [4.69, 9.17) is 9.57 Å². The Balaban J connectivity index is 1.83. The van der Waals surface area contributed by atoms with Crippen molar-refractivity contribution in [1.82, 2.24) is 4.90 Å². The van der Waals surface area contributed by atoms with E-state index in [1.54, 1.807) is 0 Å². The molecule has 6 heteroatoms. The van der Waals surface area contributed by atoms with Crippen molar-refractivity contribution in [1.29, 1.82) is 0 Å². The number of ether oxygens (including phenoxy) is 1. The van der Waals surface area contributed by atoms with Crippen LogP contribution in [0.1, 0.15) is 72.5 Å². The van der Waals surface area contributed by atoms with Gasteiger partial charge in [0, 0.05) is 19.5 Å². The molecule has 1 amide bonds. The average Bonchev–Trinajstić information content (AvgIpc) is 2.81. The molecule has 0 bridgehead atoms. The van der Waals surface area contributed by atoms with Crippen LogP contribution < -0.4 is 0 Å². The van der Waals surface area contributed by atoms with E-state index in [9.17, 15) is 9.59 Å². The highest BCUT2D eigenvalue weighted by atomic mass is 16.6. The van der Waals surface area contributed by atoms with Crippen LogP contribution in [0.4, 0.5) is 0 Å². The molecule has 1 unspecified atom stereocenters. The van der Waals surface area contributed by atoms with Crippen LogP contribution in [-0.4, -0.2) is 48.8 Å². The standard InChI is InChI=1S/C28H38N2O4/c1-21-11-6-4-9-16-33-28(32)27-23(3)17-22(2)18-24(27)19-25(13-10-12-21)29-34-20-26(31)30-14-7-5-8-15-30/h6,10-11,13,17-18,21H,4-5,7-9,12,14-16,19-20H2,1-3H3/b11-6?,13-10+,29-25+. The number of likely N-dealkylation sites (tertiary alicyclic amines) is 1. The van der Waals surface area contributed by atoms with Crippen LogP contribution in [0.2, 0.25) is 0 Å². The molecule has 0 aromatic heterocycles. The number of allylic oxidation sites excluding steroid dienone is 4. The Morgan fingerprint density at radius 3 is 2.74 bits per heavy atom. The summed E-state index contributed by atoms with van der Waals surface area (Å²) < 4.78 is 5.59. The van der Waals surface area contributed by atoms with E-state index in [2.05, 4.69) is 30.3 Å². The smallest absolute Gasteiger partial charge is 0.338 e. The fourth-order valence-electron chi connectivity index (χ4n) is 4.47. The summed E-state index contributed by atoms with van der Waals surface area (Å²) in [5.41, 5.74) is 4.09. The van der Waals surface area contributed by atoms with Crippen LogP contribution in [0.5, 0.6) is 0 Å². The lowest BCUT2D eigenvalue weighted by Gasteiger charge is -2.26. The third kappa shape index (κ3) is 7.86. The first-order valence-electron chi connectivity index (χ1n) is 12.5. The van der Waals surface area contributed by atoms with Gasteiger partial charge < -0.3 is 14.5 Å². The SMILES string of the molecule is Cc1cc(C)c2c(c1)CC(=N/OCC(=O)N1CCCCC1)/C=C/CC(C)C=CCCCOC2=O. The van der Waals surface area contributed by atoms with Gasteiger partial charge >= 0.3 is 5.97 Å². The molecule has 1 aromatic rings. The molecule has 0 spiro atoms. The Morgan fingerprint density at radius 1 is 1.15 bits per heavy atom. The Labute approximate surface area is 203 Å². The summed E-state index contributed by atoms with van der Waals surface area (Å²) in [6.07, 6.45) is 14.6. The second-order valence-corrected chi connectivity index (χ2v) is 9.41. The maximum atomic E-state index is 12.9. The molecule has 0 aliphatic carbocycles. The van der Waals surface area contributed by atoms with Crippen LogP contribution in [0.25, 0.3) is 0 Å². The molecule has 6 nitrogen and oxygen atoms in total. The fourth-order valence-corrected chi connectivity index (χ4v) is 4.47. The second kappa shape index (κ2) is 13.1. The molecule has 1 atom stereocenters. The molecule has 1 fully saturated rings. The van der Waals surface area contributed by atoms with Crippen molar-refractivity contribution in [3.8, 4) is 0 Å². The molecule has 0 radical (unpaired) electrons. The highest BCUT2D eigenvalue weighted by molar-refractivity contribution is 6.00. The van der Waals surface area contributed by atoms with Gasteiger partial charge in [-0.3, -0.25) is 4.79 Å². The van der Waals surface area contributed by atoms with E-state index in [1.165, 1.54) is 6.42 Å². The van der Waals surface area contributed by atoms with Gasteiger partial charge in [0.05, 0.1) is 17.9 Å². The summed E-state index contributed by atoms with van der Waals surface area (Å²) in [5, 5.41) is 4.33. The molecule has 184 valence electrons. The summed E-state index contributed by atoms with van der Waals surface area (Å²) >= 11 is 0. The van der Waals surface area contributed by atoms with Crippen molar-refractivity contribution >= 4 is 17.6 Å². The van der Waals surface area contributed by atoms with E-state index < -0.39 is 0 Å². The number of rotatable bonds is 3. The van der Waals surface area contributed by atoms with Crippen LogP contribution in [0.3, 0.4) is 0 Å². The minimum absolute atomic E-state index is 0.0282. The highest BCUT2D eigenvalue weighted by Gasteiger charge is 2.19. The Hall–Kier alpha value is -2.89. The first-order valence-corrected chi connectivity index (χ1v) is 12.5. The van der Waals surface area contributed by atoms with Crippen LogP contribution in [0.15, 0.2) is 41.6 Å². The molecule has 0 N–H and O–H groups in total. The van der Waals surface area contributed by atoms with Gasteiger partial charge in [-0.1, -0.05) is 48.0 Å². The van der Waals surface area contributed by atoms with Crippen molar-refractivity contribution in [2.45, 2.75) is 65.7 Å². The molecule has 34 heavy (non-hydrogen) atoms. The van der Waals surface area contributed by atoms with Crippen LogP contribution in [-0.2, 0) is 20.8 Å². The lowest BCUT2D eigenvalue weighted by atomic mass is 9.95. The fraction of sp³-hybridized carbons (Fsp3) is 0.536. The third-order valence-electron chi connectivity index (χ3n) is 6.25. The third-order valence-corrected chi connectivity index (χ3v) is 6.25. The van der Waals surface area contributed by atoms with Gasteiger partial charge in [0.2, 0.25) is 0 Å². The summed E-state index contributed by atoms with van der Waals surface area (Å²) in [5.74, 6) is 0.0624. The van der Waals surface area contributed by atoms with Gasteiger partial charge in [-0.2, -0.15) is 0 Å². The molecule has 1 saturated heterocycles. The van der Waals surface area contributed by atoms with Crippen molar-refractivity contribution in [2.24, 2.45) is 11.1 Å². The number of carbonyl (C=O) groups is 2. The second-order valence-electron chi connectivity index (χ2n) is 9.41. The Bertz CT molecular complexity index is 942. The summed E-state index contributed by atoms with van der Waals surface area (Å²) in [6, 6.07) is 4.01. The van der Waals surface area contributed by atoms with Crippen molar-refractivity contribution < 1.29 is 19.2 Å². The predicted octanol–water partition coefficient (Wildman–Crippen LogP) is 5.32. The maximum Gasteiger partial charge on any atom is 0.338 e. The number of benzene rings is 1. The number of oxime groups is 1. The van der Waals surface area contributed by atoms with Crippen molar-refractivity contribution in [3.63, 3.8) is 0 Å². The van der Waals surface area contributed by atoms with E-state index >= 15 is 0 Å². The van der Waals surface area contributed by atoms with E-state index in [0.29, 0.717) is 30.2 Å². The molecule has 2 heterocycles. The zero-order valence-corrected chi connectivity index (χ0v) is 20.8. The number of hydrogen-bond donors (Lipinski definition) is 0. The maximum absolute atomic E-state index is 12.9. The van der Waals surface area contributed by atoms with Gasteiger partial charge in [-0.15, -0.1) is 0 Å². The number of aryl methyl sites for hydroxylation is 2. The van der Waals surface area contributed by atoms with E-state index in [0.717, 1.165) is 61.9 Å². The number of amides is 1. The van der Waals surface area contributed by atoms with Gasteiger partial charge in [0.1, 0.15) is 0 Å². The number of piperidine rings is 1. The van der Waals surface area contributed by atoms with E-state index in [-0.39, 0.29) is 18.5 Å². The number of hydrogen-bond acceptors (Lipinski definition) is 5. The lowest BCUT2D eigenvalue weighted by Crippen LogP contribution is -2.37. The molecule has 2 aliphatic heterocycles. The topological polar surface area (TPSA) is 68.2 Å². The van der Waals surface area contributed by atoms with Gasteiger partial charge in [-0.05, 0) is 75.5 Å². The zero-order valence-electron chi connectivity index (χ0n) is 20.8. The summed E-state index contributed by atoms with van der Waals surface area (Å²) in [7, 11) is 0. The van der Waals surface area contributed by atoms with Gasteiger partial charge in [0.15, 0.2) is 6.61 Å². The number of fused-ring (bicyclic) bond motifs is 1. The monoisotopic (exact) mass is 466 g/mol. The molecule has 1 aromatic carbocycles. The molecular formula is C28H38N2O4. The number of nitrogens with zero attached hydrogens (tertiary/aromatic N) is 2. The summed E-state index contributed by atoms with van der Waals surface area (Å²) in [4.78, 5) is 32.8. The van der Waals surface area contributed by atoms with Crippen molar-refractivity contribution in [3.05, 3.63) is 58.7 Å². The van der Waals surface area contributed by atoms with Crippen LogP contribution >= 0.6 is 0 Å². The Kier molecular flexibility index (Phi) is 9.92. The number of carbonyl (C=O) groups excluding carboxylic acids is 2. The lowest BCUT2D eigenvalue weighted by molar-refractivity contribution is -0.137. The molecule has 3 rings (SSSR count). The minimum Gasteiger partial charge on any atom is -0.462 e. The zero-order chi connectivity index (χ0) is 24.3. The highest BCUT2D eigenvalue weighted by Crippen LogP contribution is 2.21. The quantitative estimate of drug-likeness (QED) is 0.343. The molecule has 0 saturated carbocycles. The minimum atomic E-state index is -0.302. The molecule has 2 aliphatic rings. The average molecular weight is 467 g/mol. The largest absolute Gasteiger partial charge is 0.462 e. The molecular weight excluding hydrogens is 428 g/mol. The summed E-state index contributed by atoms with van der Waals surface area (Å²) in [6.45, 7) is 8.03.